The van der Waals surface area contributed by atoms with Gasteiger partial charge in [0, 0.05) is 0 Å². The number of ether oxygens (including phenoxy) is 1. The predicted octanol–water partition coefficient (Wildman–Crippen LogP) is 1.94. The van der Waals surface area contributed by atoms with Crippen molar-refractivity contribution >= 4 is 0 Å². The fourth-order valence-electron chi connectivity index (χ4n) is 0.624. The Labute approximate surface area is 59.9 Å². The Hall–Kier alpha value is -1.49. The van der Waals surface area contributed by atoms with E-state index in [0.717, 1.165) is 5.75 Å². The highest BCUT2D eigenvalue weighted by molar-refractivity contribution is 5.20. The van der Waals surface area contributed by atoms with Crippen molar-refractivity contribution in [3.05, 3.63) is 41.7 Å². The Morgan fingerprint density at radius 1 is 1.30 bits per heavy atom. The molecule has 1 rings (SSSR count). The van der Waals surface area contributed by atoms with Gasteiger partial charge >= 0.3 is 6.73 Å². The van der Waals surface area contributed by atoms with Gasteiger partial charge in [-0.25, -0.2) is 6.57 Å². The quantitative estimate of drug-likeness (QED) is 0.562. The van der Waals surface area contributed by atoms with Crippen LogP contribution >= 0.6 is 0 Å². The lowest BCUT2D eigenvalue weighted by Crippen LogP contribution is -1.89. The maximum atomic E-state index is 6.45. The summed E-state index contributed by atoms with van der Waals surface area (Å²) in [5, 5.41) is 0. The molecule has 0 N–H and O–H groups in total. The summed E-state index contributed by atoms with van der Waals surface area (Å²) in [6.45, 7) is 6.55. The van der Waals surface area contributed by atoms with Crippen LogP contribution in [0.15, 0.2) is 30.3 Å². The Morgan fingerprint density at radius 2 is 2.00 bits per heavy atom. The molecule has 0 fully saturated rings. The summed E-state index contributed by atoms with van der Waals surface area (Å²) in [6.07, 6.45) is 0. The minimum atomic E-state index is 0.101. The lowest BCUT2D eigenvalue weighted by Gasteiger charge is -1.95. The Balaban J connectivity index is 2.52. The van der Waals surface area contributed by atoms with E-state index >= 15 is 0 Å². The predicted molar refractivity (Wildman–Crippen MR) is 38.5 cm³/mol. The summed E-state index contributed by atoms with van der Waals surface area (Å²) in [4.78, 5) is 3.06. The molecule has 1 aromatic carbocycles. The molecular formula is C8H7NO. The molecular weight excluding hydrogens is 126 g/mol. The van der Waals surface area contributed by atoms with Gasteiger partial charge in [-0.05, 0) is 12.1 Å². The van der Waals surface area contributed by atoms with Crippen molar-refractivity contribution in [1.29, 1.82) is 0 Å². The van der Waals surface area contributed by atoms with E-state index in [0.29, 0.717) is 0 Å². The Bertz CT molecular complexity index is 225. The number of benzene rings is 1. The molecule has 0 radical (unpaired) electrons. The maximum absolute atomic E-state index is 6.45. The average molecular weight is 133 g/mol. The second kappa shape index (κ2) is 3.52. The first-order valence-corrected chi connectivity index (χ1v) is 2.94. The summed E-state index contributed by atoms with van der Waals surface area (Å²) in [6, 6.07) is 9.31. The molecule has 0 bridgehead atoms. The highest BCUT2D eigenvalue weighted by Crippen LogP contribution is 2.07. The van der Waals surface area contributed by atoms with Crippen molar-refractivity contribution in [3.63, 3.8) is 0 Å². The third kappa shape index (κ3) is 1.79. The van der Waals surface area contributed by atoms with Crippen molar-refractivity contribution in [2.75, 3.05) is 6.73 Å². The van der Waals surface area contributed by atoms with Crippen LogP contribution in [0.4, 0.5) is 0 Å². The van der Waals surface area contributed by atoms with Gasteiger partial charge in [0.25, 0.3) is 0 Å². The molecule has 2 nitrogen and oxygen atoms in total. The van der Waals surface area contributed by atoms with Gasteiger partial charge in [0.05, 0.1) is 0 Å². The van der Waals surface area contributed by atoms with Gasteiger partial charge in [-0.1, -0.05) is 18.2 Å². The van der Waals surface area contributed by atoms with Gasteiger partial charge in [-0.3, -0.25) is 4.85 Å². The smallest absolute Gasteiger partial charge is 0.357 e. The van der Waals surface area contributed by atoms with Crippen molar-refractivity contribution < 1.29 is 4.74 Å². The zero-order chi connectivity index (χ0) is 7.23. The molecule has 50 valence electrons. The van der Waals surface area contributed by atoms with E-state index in [9.17, 15) is 0 Å². The molecule has 0 heterocycles. The first kappa shape index (κ1) is 6.63. The van der Waals surface area contributed by atoms with E-state index in [1.807, 2.05) is 30.3 Å². The fourth-order valence-corrected chi connectivity index (χ4v) is 0.624. The van der Waals surface area contributed by atoms with Crippen molar-refractivity contribution in [2.45, 2.75) is 0 Å². The first-order chi connectivity index (χ1) is 4.93. The van der Waals surface area contributed by atoms with Gasteiger partial charge in [-0.2, -0.15) is 0 Å². The zero-order valence-corrected chi connectivity index (χ0v) is 5.45. The Morgan fingerprint density at radius 3 is 2.60 bits per heavy atom. The van der Waals surface area contributed by atoms with Crippen LogP contribution in [0.5, 0.6) is 5.75 Å². The summed E-state index contributed by atoms with van der Waals surface area (Å²) in [5.41, 5.74) is 0. The van der Waals surface area contributed by atoms with E-state index in [-0.39, 0.29) is 6.73 Å². The number of hydrogen-bond acceptors (Lipinski definition) is 1. The number of hydrogen-bond donors (Lipinski definition) is 0. The summed E-state index contributed by atoms with van der Waals surface area (Å²) in [5.74, 6) is 0.749. The van der Waals surface area contributed by atoms with Crippen molar-refractivity contribution in [3.8, 4) is 5.75 Å². The highest BCUT2D eigenvalue weighted by atomic mass is 16.5. The lowest BCUT2D eigenvalue weighted by atomic mass is 10.3. The lowest BCUT2D eigenvalue weighted by molar-refractivity contribution is 0.361. The van der Waals surface area contributed by atoms with E-state index in [2.05, 4.69) is 4.85 Å². The minimum absolute atomic E-state index is 0.101. The van der Waals surface area contributed by atoms with Crippen LogP contribution in [0.3, 0.4) is 0 Å². The molecule has 0 amide bonds. The minimum Gasteiger partial charge on any atom is -0.426 e. The molecule has 0 atom stereocenters. The van der Waals surface area contributed by atoms with Gasteiger partial charge < -0.3 is 4.74 Å². The summed E-state index contributed by atoms with van der Waals surface area (Å²) >= 11 is 0. The van der Waals surface area contributed by atoms with Crippen LogP contribution in [-0.2, 0) is 0 Å². The van der Waals surface area contributed by atoms with Crippen LogP contribution < -0.4 is 4.74 Å². The standard InChI is InChI=1S/C8H7NO/c1-9-7-10-8-5-3-2-4-6-8/h2-6H,7H2. The second-order valence-corrected chi connectivity index (χ2v) is 1.74. The van der Waals surface area contributed by atoms with Crippen LogP contribution in [0.2, 0.25) is 0 Å². The molecule has 0 saturated heterocycles. The third-order valence-electron chi connectivity index (χ3n) is 1.04. The number of rotatable bonds is 2. The maximum Gasteiger partial charge on any atom is 0.357 e. The van der Waals surface area contributed by atoms with Gasteiger partial charge in [-0.15, -0.1) is 0 Å². The first-order valence-electron chi connectivity index (χ1n) is 2.94. The average Bonchev–Trinajstić information content (AvgIpc) is 2.03. The van der Waals surface area contributed by atoms with E-state index in [1.165, 1.54) is 0 Å². The molecule has 0 aliphatic carbocycles. The molecule has 0 unspecified atom stereocenters. The van der Waals surface area contributed by atoms with Gasteiger partial charge in [0.15, 0.2) is 0 Å². The van der Waals surface area contributed by atoms with Crippen LogP contribution in [-0.4, -0.2) is 6.73 Å². The van der Waals surface area contributed by atoms with Crippen LogP contribution in [0.25, 0.3) is 4.85 Å². The normalized spacial score (nSPS) is 8.30. The molecule has 0 aliphatic heterocycles. The van der Waals surface area contributed by atoms with E-state index < -0.39 is 0 Å². The van der Waals surface area contributed by atoms with Crippen molar-refractivity contribution in [1.82, 2.24) is 0 Å². The monoisotopic (exact) mass is 133 g/mol. The highest BCUT2D eigenvalue weighted by Gasteiger charge is 1.88. The van der Waals surface area contributed by atoms with E-state index in [1.54, 1.807) is 0 Å². The molecule has 0 spiro atoms. The fraction of sp³-hybridized carbons (Fsp3) is 0.125. The number of nitrogens with zero attached hydrogens (tertiary/aromatic N) is 1. The van der Waals surface area contributed by atoms with Crippen LogP contribution in [0.1, 0.15) is 0 Å². The zero-order valence-electron chi connectivity index (χ0n) is 5.45. The van der Waals surface area contributed by atoms with Gasteiger partial charge in [0.1, 0.15) is 5.75 Å². The topological polar surface area (TPSA) is 13.6 Å². The van der Waals surface area contributed by atoms with Crippen LogP contribution in [0, 0.1) is 6.57 Å². The molecule has 1 aromatic rings. The third-order valence-corrected chi connectivity index (χ3v) is 1.04. The SMILES string of the molecule is [C-]#[N+]COc1ccccc1. The van der Waals surface area contributed by atoms with Gasteiger partial charge in [0.2, 0.25) is 0 Å². The summed E-state index contributed by atoms with van der Waals surface area (Å²) in [7, 11) is 0. The van der Waals surface area contributed by atoms with Crippen molar-refractivity contribution in [2.24, 2.45) is 0 Å². The Kier molecular flexibility index (Phi) is 2.33. The largest absolute Gasteiger partial charge is 0.426 e. The molecule has 2 heteroatoms. The molecule has 0 saturated carbocycles. The molecule has 0 aromatic heterocycles. The molecule has 0 aliphatic rings. The molecule has 10 heavy (non-hydrogen) atoms. The number of para-hydroxylation sites is 1. The second-order valence-electron chi connectivity index (χ2n) is 1.74. The van der Waals surface area contributed by atoms with E-state index in [4.69, 9.17) is 11.3 Å². The summed E-state index contributed by atoms with van der Waals surface area (Å²) < 4.78 is 5.00.